The summed E-state index contributed by atoms with van der Waals surface area (Å²) in [4.78, 5) is 16.2. The second kappa shape index (κ2) is 13.5. The third kappa shape index (κ3) is 7.91. The van der Waals surface area contributed by atoms with E-state index in [1.165, 1.54) is 20.0 Å². The molecule has 1 aliphatic carbocycles. The Labute approximate surface area is 191 Å². The van der Waals surface area contributed by atoms with Crippen LogP contribution in [0.15, 0.2) is 23.2 Å². The summed E-state index contributed by atoms with van der Waals surface area (Å²) in [5.41, 5.74) is 0.976. The van der Waals surface area contributed by atoms with Gasteiger partial charge in [0.1, 0.15) is 0 Å². The molecule has 1 fully saturated rings. The molecule has 1 atom stereocenters. The van der Waals surface area contributed by atoms with E-state index in [-0.39, 0.29) is 42.0 Å². The quantitative estimate of drug-likeness (QED) is 0.225. The number of guanidine groups is 1. The van der Waals surface area contributed by atoms with Gasteiger partial charge < -0.3 is 24.8 Å². The first-order chi connectivity index (χ1) is 13.6. The van der Waals surface area contributed by atoms with Crippen molar-refractivity contribution < 1.29 is 19.0 Å². The molecule has 0 radical (unpaired) electrons. The van der Waals surface area contributed by atoms with Gasteiger partial charge in [0, 0.05) is 18.7 Å². The fourth-order valence-electron chi connectivity index (χ4n) is 3.19. The maximum absolute atomic E-state index is 11.6. The zero-order chi connectivity index (χ0) is 20.4. The monoisotopic (exact) mass is 519 g/mol. The van der Waals surface area contributed by atoms with Crippen molar-refractivity contribution in [3.63, 3.8) is 0 Å². The highest BCUT2D eigenvalue weighted by Gasteiger charge is 2.20. The molecule has 2 N–H and O–H groups in total. The van der Waals surface area contributed by atoms with Crippen molar-refractivity contribution in [3.8, 4) is 11.5 Å². The van der Waals surface area contributed by atoms with Gasteiger partial charge in [0.2, 0.25) is 0 Å². The Kier molecular flexibility index (Phi) is 11.8. The van der Waals surface area contributed by atoms with Gasteiger partial charge in [-0.1, -0.05) is 19.1 Å². The minimum atomic E-state index is -0.257. The fraction of sp³-hybridized carbons (Fsp3) is 0.619. The van der Waals surface area contributed by atoms with Crippen molar-refractivity contribution in [2.75, 3.05) is 27.3 Å². The first-order valence-electron chi connectivity index (χ1n) is 10.0. The van der Waals surface area contributed by atoms with Crippen molar-refractivity contribution in [1.29, 1.82) is 0 Å². The predicted molar refractivity (Wildman–Crippen MR) is 125 cm³/mol. The third-order valence-corrected chi connectivity index (χ3v) is 4.80. The molecular weight excluding hydrogens is 485 g/mol. The summed E-state index contributed by atoms with van der Waals surface area (Å²) in [6.07, 6.45) is 4.82. The second-order valence-corrected chi connectivity index (χ2v) is 6.97. The van der Waals surface area contributed by atoms with E-state index in [1.54, 1.807) is 7.11 Å². The van der Waals surface area contributed by atoms with E-state index in [2.05, 4.69) is 15.6 Å². The zero-order valence-electron chi connectivity index (χ0n) is 17.8. The van der Waals surface area contributed by atoms with Crippen molar-refractivity contribution >= 4 is 35.9 Å². The van der Waals surface area contributed by atoms with Crippen LogP contribution in [0.3, 0.4) is 0 Å². The summed E-state index contributed by atoms with van der Waals surface area (Å²) in [6.45, 7) is 5.43. The number of para-hydroxylation sites is 1. The van der Waals surface area contributed by atoms with E-state index in [4.69, 9.17) is 14.2 Å². The molecule has 1 aromatic carbocycles. The average molecular weight is 519 g/mol. The van der Waals surface area contributed by atoms with Crippen LogP contribution in [0.4, 0.5) is 0 Å². The van der Waals surface area contributed by atoms with Crippen LogP contribution in [0.2, 0.25) is 0 Å². The minimum absolute atomic E-state index is 0. The molecular formula is C21H34IN3O4. The van der Waals surface area contributed by atoms with Crippen LogP contribution in [-0.2, 0) is 16.1 Å². The van der Waals surface area contributed by atoms with Crippen molar-refractivity contribution in [2.45, 2.75) is 52.2 Å². The lowest BCUT2D eigenvalue weighted by atomic mass is 10.1. The molecule has 1 aliphatic rings. The van der Waals surface area contributed by atoms with Gasteiger partial charge in [-0.25, -0.2) is 4.99 Å². The second-order valence-electron chi connectivity index (χ2n) is 6.97. The maximum Gasteiger partial charge on any atom is 0.310 e. The van der Waals surface area contributed by atoms with E-state index < -0.39 is 0 Å². The SMILES string of the molecule is CCNC(=NCc1cccc(OC)c1OC1CCCC1)NCC(C)C(=O)OC.I. The number of nitrogens with zero attached hydrogens (tertiary/aromatic N) is 1. The molecule has 29 heavy (non-hydrogen) atoms. The Morgan fingerprint density at radius 2 is 1.97 bits per heavy atom. The minimum Gasteiger partial charge on any atom is -0.493 e. The van der Waals surface area contributed by atoms with Crippen molar-refractivity contribution in [1.82, 2.24) is 10.6 Å². The number of hydrogen-bond acceptors (Lipinski definition) is 5. The van der Waals surface area contributed by atoms with Crippen LogP contribution < -0.4 is 20.1 Å². The molecule has 0 spiro atoms. The molecule has 0 amide bonds. The summed E-state index contributed by atoms with van der Waals surface area (Å²) in [5.74, 6) is 1.65. The zero-order valence-corrected chi connectivity index (χ0v) is 20.2. The number of nitrogens with one attached hydrogen (secondary N) is 2. The topological polar surface area (TPSA) is 81.2 Å². The highest BCUT2D eigenvalue weighted by atomic mass is 127. The number of hydrogen-bond donors (Lipinski definition) is 2. The summed E-state index contributed by atoms with van der Waals surface area (Å²) < 4.78 is 16.5. The van der Waals surface area contributed by atoms with Crippen molar-refractivity contribution in [3.05, 3.63) is 23.8 Å². The van der Waals surface area contributed by atoms with E-state index >= 15 is 0 Å². The Balaban J connectivity index is 0.00000420. The molecule has 1 saturated carbocycles. The first kappa shape index (κ1) is 25.3. The number of benzene rings is 1. The Bertz CT molecular complexity index is 663. The highest BCUT2D eigenvalue weighted by Crippen LogP contribution is 2.35. The standard InChI is InChI=1S/C21H33N3O4.HI/c1-5-22-21(23-13-15(2)20(25)27-4)24-14-16-9-8-12-18(26-3)19(16)28-17-10-6-7-11-17;/h8-9,12,15,17H,5-7,10-11,13-14H2,1-4H3,(H2,22,23,24);1H. The number of carbonyl (C=O) groups is 1. The number of carbonyl (C=O) groups excluding carboxylic acids is 1. The van der Waals surface area contributed by atoms with Gasteiger partial charge in [-0.15, -0.1) is 24.0 Å². The van der Waals surface area contributed by atoms with Gasteiger partial charge in [-0.3, -0.25) is 4.79 Å². The number of methoxy groups -OCH3 is 2. The molecule has 1 aromatic rings. The first-order valence-corrected chi connectivity index (χ1v) is 10.0. The van der Waals surface area contributed by atoms with E-state index in [0.29, 0.717) is 19.0 Å². The summed E-state index contributed by atoms with van der Waals surface area (Å²) in [6, 6.07) is 5.88. The lowest BCUT2D eigenvalue weighted by Crippen LogP contribution is -2.40. The molecule has 164 valence electrons. The van der Waals surface area contributed by atoms with Crippen LogP contribution in [0.25, 0.3) is 0 Å². The van der Waals surface area contributed by atoms with Crippen molar-refractivity contribution in [2.24, 2.45) is 10.9 Å². The molecule has 8 heteroatoms. The molecule has 0 aliphatic heterocycles. The van der Waals surface area contributed by atoms with Crippen LogP contribution in [0.1, 0.15) is 45.1 Å². The molecule has 0 bridgehead atoms. The van der Waals surface area contributed by atoms with Gasteiger partial charge in [0.05, 0.1) is 32.8 Å². The predicted octanol–water partition coefficient (Wildman–Crippen LogP) is 3.50. The molecule has 0 heterocycles. The van der Waals surface area contributed by atoms with E-state index in [1.807, 2.05) is 32.0 Å². The Morgan fingerprint density at radius 3 is 2.59 bits per heavy atom. The summed E-state index contributed by atoms with van der Waals surface area (Å²) in [7, 11) is 3.05. The number of ether oxygens (including phenoxy) is 3. The lowest BCUT2D eigenvalue weighted by molar-refractivity contribution is -0.144. The van der Waals surface area contributed by atoms with Crippen LogP contribution in [0.5, 0.6) is 11.5 Å². The van der Waals surface area contributed by atoms with Gasteiger partial charge in [-0.2, -0.15) is 0 Å². The van der Waals surface area contributed by atoms with Gasteiger partial charge >= 0.3 is 5.97 Å². The molecule has 0 aromatic heterocycles. The number of aliphatic imine (C=N–C) groups is 1. The third-order valence-electron chi connectivity index (χ3n) is 4.80. The molecule has 7 nitrogen and oxygen atoms in total. The molecule has 2 rings (SSSR count). The largest absolute Gasteiger partial charge is 0.493 e. The number of esters is 1. The number of halogens is 1. The average Bonchev–Trinajstić information content (AvgIpc) is 3.23. The van der Waals surface area contributed by atoms with Gasteiger partial charge in [-0.05, 0) is 38.7 Å². The van der Waals surface area contributed by atoms with Gasteiger partial charge in [0.15, 0.2) is 17.5 Å². The van der Waals surface area contributed by atoms with E-state index in [0.717, 1.165) is 36.4 Å². The van der Waals surface area contributed by atoms with Crippen LogP contribution >= 0.6 is 24.0 Å². The fourth-order valence-corrected chi connectivity index (χ4v) is 3.19. The lowest BCUT2D eigenvalue weighted by Gasteiger charge is -2.19. The summed E-state index contributed by atoms with van der Waals surface area (Å²) in [5, 5.41) is 6.39. The maximum atomic E-state index is 11.6. The van der Waals surface area contributed by atoms with Crippen LogP contribution in [-0.4, -0.2) is 45.3 Å². The van der Waals surface area contributed by atoms with Crippen LogP contribution in [0, 0.1) is 5.92 Å². The van der Waals surface area contributed by atoms with E-state index in [9.17, 15) is 4.79 Å². The molecule has 0 saturated heterocycles. The summed E-state index contributed by atoms with van der Waals surface area (Å²) >= 11 is 0. The van der Waals surface area contributed by atoms with Gasteiger partial charge in [0.25, 0.3) is 0 Å². The smallest absolute Gasteiger partial charge is 0.310 e. The Morgan fingerprint density at radius 1 is 1.24 bits per heavy atom. The number of rotatable bonds is 9. The molecule has 1 unspecified atom stereocenters. The Hall–Kier alpha value is -1.71. The normalized spacial score (nSPS) is 15.2. The highest BCUT2D eigenvalue weighted by molar-refractivity contribution is 14.0.